The molecule has 1 heterocycles. The molecule has 0 aromatic heterocycles. The number of nitrogens with one attached hydrogen (secondary N) is 1. The van der Waals surface area contributed by atoms with Crippen LogP contribution in [0.15, 0.2) is 4.99 Å². The summed E-state index contributed by atoms with van der Waals surface area (Å²) >= 11 is 4.10. The number of amidine groups is 1. The van der Waals surface area contributed by atoms with E-state index in [1.165, 1.54) is 0 Å². The van der Waals surface area contributed by atoms with Crippen molar-refractivity contribution >= 4 is 18.7 Å². The van der Waals surface area contributed by atoms with Gasteiger partial charge in [-0.3, -0.25) is 0 Å². The van der Waals surface area contributed by atoms with Gasteiger partial charge in [0.1, 0.15) is 0 Å². The molecule has 0 aliphatic carbocycles. The third kappa shape index (κ3) is 3.51. The highest BCUT2D eigenvalue weighted by Crippen LogP contribution is 1.94. The summed E-state index contributed by atoms with van der Waals surface area (Å²) in [6.45, 7) is 2.60. The molecular formula is C7H14N2OS. The van der Waals surface area contributed by atoms with Crippen molar-refractivity contribution in [3.05, 3.63) is 0 Å². The Hall–Kier alpha value is -0.380. The van der Waals surface area contributed by atoms with Crippen LogP contribution in [0, 0.1) is 0 Å². The minimum absolute atomic E-state index is 0.707. The van der Waals surface area contributed by atoms with Crippen molar-refractivity contribution in [3.63, 3.8) is 0 Å². The average Bonchev–Trinajstić information content (AvgIpc) is 2.07. The van der Waals surface area contributed by atoms with E-state index in [1.807, 2.05) is 0 Å². The molecule has 0 saturated heterocycles. The highest BCUT2D eigenvalue weighted by atomic mass is 32.1. The largest absolute Gasteiger partial charge is 0.465 e. The van der Waals surface area contributed by atoms with E-state index in [0.717, 1.165) is 38.3 Å². The van der Waals surface area contributed by atoms with Gasteiger partial charge >= 0.3 is 0 Å². The first-order valence-electron chi connectivity index (χ1n) is 3.95. The second-order valence-electron chi connectivity index (χ2n) is 2.39. The molecule has 1 aliphatic heterocycles. The van der Waals surface area contributed by atoms with Crippen LogP contribution in [-0.2, 0) is 4.74 Å². The Balaban J connectivity index is 2.09. The summed E-state index contributed by atoms with van der Waals surface area (Å²) in [5.74, 6) is 0.903. The fourth-order valence-corrected chi connectivity index (χ4v) is 0.999. The Bertz CT molecular complexity index is 138. The highest BCUT2D eigenvalue weighted by molar-refractivity contribution is 7.80. The van der Waals surface area contributed by atoms with Gasteiger partial charge in [-0.25, -0.2) is 4.99 Å². The van der Waals surface area contributed by atoms with E-state index in [-0.39, 0.29) is 0 Å². The second kappa shape index (κ2) is 5.29. The number of nitrogens with zero attached hydrogens (tertiary/aromatic N) is 1. The average molecular weight is 174 g/mol. The van der Waals surface area contributed by atoms with Crippen LogP contribution < -0.4 is 5.32 Å². The van der Waals surface area contributed by atoms with Crippen molar-refractivity contribution in [2.45, 2.75) is 12.8 Å². The quantitative estimate of drug-likeness (QED) is 0.487. The molecule has 11 heavy (non-hydrogen) atoms. The summed E-state index contributed by atoms with van der Waals surface area (Å²) in [5, 5.41) is 3.10. The number of hydrogen-bond donors (Lipinski definition) is 2. The van der Waals surface area contributed by atoms with Gasteiger partial charge in [0.15, 0.2) is 0 Å². The van der Waals surface area contributed by atoms with Gasteiger partial charge in [-0.2, -0.15) is 12.6 Å². The first-order chi connectivity index (χ1) is 5.43. The molecule has 1 rings (SSSR count). The molecule has 0 atom stereocenters. The van der Waals surface area contributed by atoms with Crippen molar-refractivity contribution in [2.24, 2.45) is 4.99 Å². The minimum Gasteiger partial charge on any atom is -0.465 e. The van der Waals surface area contributed by atoms with Crippen molar-refractivity contribution < 1.29 is 4.74 Å². The third-order valence-electron chi connectivity index (χ3n) is 1.41. The van der Waals surface area contributed by atoms with Gasteiger partial charge in [-0.15, -0.1) is 0 Å². The monoisotopic (exact) mass is 174 g/mol. The third-order valence-corrected chi connectivity index (χ3v) is 1.72. The van der Waals surface area contributed by atoms with Crippen LogP contribution in [0.1, 0.15) is 12.8 Å². The predicted molar refractivity (Wildman–Crippen MR) is 49.3 cm³/mol. The maximum atomic E-state index is 5.24. The molecule has 0 amide bonds. The van der Waals surface area contributed by atoms with Crippen LogP contribution in [0.3, 0.4) is 0 Å². The van der Waals surface area contributed by atoms with E-state index in [4.69, 9.17) is 4.74 Å². The lowest BCUT2D eigenvalue weighted by Gasteiger charge is -2.14. The second-order valence-corrected chi connectivity index (χ2v) is 2.84. The van der Waals surface area contributed by atoms with Crippen molar-refractivity contribution in [2.75, 3.05) is 25.4 Å². The first kappa shape index (κ1) is 8.71. The SMILES string of the molecule is SCCCNC1=NCCCO1. The summed E-state index contributed by atoms with van der Waals surface area (Å²) in [6.07, 6.45) is 2.09. The number of aliphatic imine (C=N–C) groups is 1. The molecular weight excluding hydrogens is 160 g/mol. The minimum atomic E-state index is 0.707. The van der Waals surface area contributed by atoms with Crippen LogP contribution in [-0.4, -0.2) is 31.5 Å². The van der Waals surface area contributed by atoms with Crippen LogP contribution >= 0.6 is 12.6 Å². The number of rotatable bonds is 3. The molecule has 4 heteroatoms. The van der Waals surface area contributed by atoms with E-state index in [1.54, 1.807) is 0 Å². The molecule has 0 fully saturated rings. The molecule has 0 spiro atoms. The van der Waals surface area contributed by atoms with Crippen LogP contribution in [0.2, 0.25) is 0 Å². The molecule has 64 valence electrons. The lowest BCUT2D eigenvalue weighted by atomic mass is 10.4. The van der Waals surface area contributed by atoms with Crippen LogP contribution in [0.5, 0.6) is 0 Å². The first-order valence-corrected chi connectivity index (χ1v) is 4.58. The Morgan fingerprint density at radius 3 is 3.18 bits per heavy atom. The van der Waals surface area contributed by atoms with E-state index in [0.29, 0.717) is 6.02 Å². The predicted octanol–water partition coefficient (Wildman–Crippen LogP) is 0.672. The van der Waals surface area contributed by atoms with E-state index in [9.17, 15) is 0 Å². The van der Waals surface area contributed by atoms with E-state index >= 15 is 0 Å². The maximum Gasteiger partial charge on any atom is 0.284 e. The maximum absolute atomic E-state index is 5.24. The van der Waals surface area contributed by atoms with Gasteiger partial charge in [0.25, 0.3) is 6.02 Å². The van der Waals surface area contributed by atoms with E-state index in [2.05, 4.69) is 22.9 Å². The molecule has 1 aliphatic rings. The normalized spacial score (nSPS) is 17.0. The zero-order chi connectivity index (χ0) is 7.94. The van der Waals surface area contributed by atoms with Gasteiger partial charge in [-0.1, -0.05) is 0 Å². The molecule has 0 aromatic rings. The summed E-state index contributed by atoms with van der Waals surface area (Å²) in [4.78, 5) is 4.16. The Labute approximate surface area is 72.6 Å². The summed E-state index contributed by atoms with van der Waals surface area (Å²) in [6, 6.07) is 0.707. The van der Waals surface area contributed by atoms with Crippen molar-refractivity contribution in [3.8, 4) is 0 Å². The van der Waals surface area contributed by atoms with Gasteiger partial charge < -0.3 is 10.1 Å². The van der Waals surface area contributed by atoms with E-state index < -0.39 is 0 Å². The number of hydrogen-bond acceptors (Lipinski definition) is 4. The van der Waals surface area contributed by atoms with Gasteiger partial charge in [0, 0.05) is 19.5 Å². The highest BCUT2D eigenvalue weighted by Gasteiger charge is 2.03. The summed E-state index contributed by atoms with van der Waals surface area (Å²) < 4.78 is 5.24. The lowest BCUT2D eigenvalue weighted by Crippen LogP contribution is -2.30. The van der Waals surface area contributed by atoms with Crippen LogP contribution in [0.4, 0.5) is 0 Å². The zero-order valence-corrected chi connectivity index (χ0v) is 7.44. The number of thiol groups is 1. The molecule has 0 saturated carbocycles. The van der Waals surface area contributed by atoms with Crippen LogP contribution in [0.25, 0.3) is 0 Å². The zero-order valence-electron chi connectivity index (χ0n) is 6.55. The van der Waals surface area contributed by atoms with Crippen molar-refractivity contribution in [1.29, 1.82) is 0 Å². The smallest absolute Gasteiger partial charge is 0.284 e. The van der Waals surface area contributed by atoms with Gasteiger partial charge in [-0.05, 0) is 12.2 Å². The van der Waals surface area contributed by atoms with Crippen molar-refractivity contribution in [1.82, 2.24) is 5.32 Å². The number of ether oxygens (including phenoxy) is 1. The lowest BCUT2D eigenvalue weighted by molar-refractivity contribution is 0.267. The molecule has 3 nitrogen and oxygen atoms in total. The topological polar surface area (TPSA) is 33.6 Å². The fourth-order valence-electron chi connectivity index (χ4n) is 0.841. The Morgan fingerprint density at radius 2 is 2.55 bits per heavy atom. The summed E-state index contributed by atoms with van der Waals surface area (Å²) in [5.41, 5.74) is 0. The Morgan fingerprint density at radius 1 is 1.64 bits per heavy atom. The molecule has 1 N–H and O–H groups in total. The Kier molecular flexibility index (Phi) is 4.19. The summed E-state index contributed by atoms with van der Waals surface area (Å²) in [7, 11) is 0. The van der Waals surface area contributed by atoms with Gasteiger partial charge in [0.2, 0.25) is 0 Å². The molecule has 0 aromatic carbocycles. The molecule has 0 radical (unpaired) electrons. The standard InChI is InChI=1S/C7H14N2OS/c11-6-2-4-9-7-8-3-1-5-10-7/h11H,1-6H2,(H,8,9). The molecule has 0 unspecified atom stereocenters. The fraction of sp³-hybridized carbons (Fsp3) is 0.857. The van der Waals surface area contributed by atoms with Gasteiger partial charge in [0.05, 0.1) is 6.61 Å². The molecule has 0 bridgehead atoms.